The Bertz CT molecular complexity index is 948. The molecule has 0 fully saturated rings. The van der Waals surface area contributed by atoms with Crippen LogP contribution in [0.25, 0.3) is 10.9 Å². The number of nitrogens with one attached hydrogen (secondary N) is 2. The van der Waals surface area contributed by atoms with Crippen LogP contribution in [0.5, 0.6) is 11.5 Å². The number of aryl methyl sites for hydroxylation is 1. The molecule has 3 aromatic rings. The van der Waals surface area contributed by atoms with Crippen LogP contribution in [0.1, 0.15) is 5.56 Å². The minimum atomic E-state index is -0.112. The van der Waals surface area contributed by atoms with E-state index in [1.807, 2.05) is 24.3 Å². The summed E-state index contributed by atoms with van der Waals surface area (Å²) in [6.45, 7) is 3.74. The van der Waals surface area contributed by atoms with Crippen molar-refractivity contribution in [3.05, 3.63) is 48.3 Å². The summed E-state index contributed by atoms with van der Waals surface area (Å²) in [4.78, 5) is 8.76. The van der Waals surface area contributed by atoms with E-state index >= 15 is 0 Å². The van der Waals surface area contributed by atoms with Gasteiger partial charge in [0.05, 0.1) is 12.1 Å². The van der Waals surface area contributed by atoms with E-state index in [1.54, 1.807) is 0 Å². The average Bonchev–Trinajstić information content (AvgIpc) is 2.67. The molecule has 140 valence electrons. The van der Waals surface area contributed by atoms with Gasteiger partial charge in [0.25, 0.3) is 0 Å². The molecule has 1 aromatic heterocycles. The van der Waals surface area contributed by atoms with Crippen molar-refractivity contribution in [1.29, 1.82) is 0 Å². The molecular formula is C20H22N4O3. The molecule has 0 saturated heterocycles. The van der Waals surface area contributed by atoms with Crippen molar-refractivity contribution in [3.8, 4) is 11.5 Å². The van der Waals surface area contributed by atoms with Crippen molar-refractivity contribution in [2.24, 2.45) is 0 Å². The standard InChI is InChI=1S/C20H22N4O3/c1-13-3-2-4-14(7-13)24-20-16-8-19-18(9-17(16)22-12-23-20)26-11-15(27-19)10-21-5-6-25/h2-4,7-9,12,15,21,25H,5-6,10-11H2,1H3,(H,22,23,24). The first kappa shape index (κ1) is 17.5. The van der Waals surface area contributed by atoms with Crippen molar-refractivity contribution in [2.75, 3.05) is 31.6 Å². The van der Waals surface area contributed by atoms with E-state index in [2.05, 4.69) is 39.7 Å². The van der Waals surface area contributed by atoms with E-state index in [0.717, 1.165) is 22.4 Å². The lowest BCUT2D eigenvalue weighted by atomic mass is 10.1. The van der Waals surface area contributed by atoms with Gasteiger partial charge in [0.1, 0.15) is 24.9 Å². The third-order valence-electron chi connectivity index (χ3n) is 4.36. The van der Waals surface area contributed by atoms with Gasteiger partial charge in [-0.3, -0.25) is 0 Å². The molecule has 3 N–H and O–H groups in total. The first-order valence-electron chi connectivity index (χ1n) is 8.96. The first-order valence-corrected chi connectivity index (χ1v) is 8.96. The summed E-state index contributed by atoms with van der Waals surface area (Å²) in [5, 5.41) is 16.2. The van der Waals surface area contributed by atoms with Gasteiger partial charge in [-0.1, -0.05) is 12.1 Å². The van der Waals surface area contributed by atoms with E-state index in [-0.39, 0.29) is 12.7 Å². The third kappa shape index (κ3) is 3.94. The number of rotatable bonds is 6. The van der Waals surface area contributed by atoms with E-state index in [0.29, 0.717) is 31.2 Å². The lowest BCUT2D eigenvalue weighted by Crippen LogP contribution is -2.39. The Morgan fingerprint density at radius 2 is 2.11 bits per heavy atom. The first-order chi connectivity index (χ1) is 13.2. The molecule has 2 heterocycles. The van der Waals surface area contributed by atoms with E-state index < -0.39 is 0 Å². The topological polar surface area (TPSA) is 88.5 Å². The normalized spacial score (nSPS) is 15.7. The summed E-state index contributed by atoms with van der Waals surface area (Å²) in [6.07, 6.45) is 1.43. The van der Waals surface area contributed by atoms with Crippen LogP contribution in [0, 0.1) is 6.92 Å². The Balaban J connectivity index is 1.62. The van der Waals surface area contributed by atoms with Crippen LogP contribution in [0.2, 0.25) is 0 Å². The van der Waals surface area contributed by atoms with E-state index in [1.165, 1.54) is 11.9 Å². The Morgan fingerprint density at radius 3 is 2.96 bits per heavy atom. The van der Waals surface area contributed by atoms with Crippen LogP contribution in [-0.4, -0.2) is 47.5 Å². The molecule has 7 heteroatoms. The van der Waals surface area contributed by atoms with Crippen molar-refractivity contribution >= 4 is 22.4 Å². The molecule has 4 rings (SSSR count). The van der Waals surface area contributed by atoms with Gasteiger partial charge in [0, 0.05) is 30.2 Å². The summed E-state index contributed by atoms with van der Waals surface area (Å²) in [5.74, 6) is 2.07. The SMILES string of the molecule is Cc1cccc(Nc2ncnc3cc4c(cc23)OC(CNCCO)CO4)c1. The number of hydrogen-bond donors (Lipinski definition) is 3. The number of ether oxygens (including phenoxy) is 2. The molecular weight excluding hydrogens is 344 g/mol. The Morgan fingerprint density at radius 1 is 1.19 bits per heavy atom. The maximum Gasteiger partial charge on any atom is 0.163 e. The summed E-state index contributed by atoms with van der Waals surface area (Å²) in [6, 6.07) is 11.9. The summed E-state index contributed by atoms with van der Waals surface area (Å²) in [7, 11) is 0. The van der Waals surface area contributed by atoms with Gasteiger partial charge < -0.3 is 25.2 Å². The predicted octanol–water partition coefficient (Wildman–Crippen LogP) is 2.40. The second-order valence-corrected chi connectivity index (χ2v) is 6.51. The second kappa shape index (κ2) is 7.77. The zero-order chi connectivity index (χ0) is 18.6. The molecule has 0 amide bonds. The monoisotopic (exact) mass is 366 g/mol. The maximum absolute atomic E-state index is 8.89. The molecule has 0 spiro atoms. The molecule has 0 bridgehead atoms. The Kier molecular flexibility index (Phi) is 5.04. The van der Waals surface area contributed by atoms with Crippen molar-refractivity contribution in [3.63, 3.8) is 0 Å². The average molecular weight is 366 g/mol. The van der Waals surface area contributed by atoms with Gasteiger partial charge in [-0.2, -0.15) is 0 Å². The van der Waals surface area contributed by atoms with Gasteiger partial charge in [-0.05, 0) is 30.7 Å². The molecule has 0 aliphatic carbocycles. The second-order valence-electron chi connectivity index (χ2n) is 6.51. The van der Waals surface area contributed by atoms with Crippen LogP contribution in [0.3, 0.4) is 0 Å². The number of aromatic nitrogens is 2. The third-order valence-corrected chi connectivity index (χ3v) is 4.36. The zero-order valence-electron chi connectivity index (χ0n) is 15.1. The minimum absolute atomic E-state index is 0.0974. The van der Waals surface area contributed by atoms with Crippen molar-refractivity contribution in [2.45, 2.75) is 13.0 Å². The summed E-state index contributed by atoms with van der Waals surface area (Å²) in [5.41, 5.74) is 2.93. The Labute approximate surface area is 157 Å². The highest BCUT2D eigenvalue weighted by molar-refractivity contribution is 5.93. The molecule has 2 aromatic carbocycles. The van der Waals surface area contributed by atoms with Crippen LogP contribution < -0.4 is 20.1 Å². The molecule has 0 radical (unpaired) electrons. The molecule has 27 heavy (non-hydrogen) atoms. The zero-order valence-corrected chi connectivity index (χ0v) is 15.1. The highest BCUT2D eigenvalue weighted by Crippen LogP contribution is 2.37. The largest absolute Gasteiger partial charge is 0.486 e. The molecule has 1 unspecified atom stereocenters. The highest BCUT2D eigenvalue weighted by atomic mass is 16.6. The van der Waals surface area contributed by atoms with Gasteiger partial charge in [-0.25, -0.2) is 9.97 Å². The number of nitrogens with zero attached hydrogens (tertiary/aromatic N) is 2. The molecule has 1 aliphatic heterocycles. The van der Waals surface area contributed by atoms with E-state index in [9.17, 15) is 0 Å². The van der Waals surface area contributed by atoms with Gasteiger partial charge in [0.15, 0.2) is 11.5 Å². The minimum Gasteiger partial charge on any atom is -0.486 e. The number of benzene rings is 2. The number of anilines is 2. The number of aliphatic hydroxyl groups is 1. The quantitative estimate of drug-likeness (QED) is 0.577. The van der Waals surface area contributed by atoms with Gasteiger partial charge >= 0.3 is 0 Å². The highest BCUT2D eigenvalue weighted by Gasteiger charge is 2.22. The lowest BCUT2D eigenvalue weighted by molar-refractivity contribution is 0.0898. The van der Waals surface area contributed by atoms with Crippen LogP contribution in [0.4, 0.5) is 11.5 Å². The fourth-order valence-corrected chi connectivity index (χ4v) is 3.07. The smallest absolute Gasteiger partial charge is 0.163 e. The molecule has 0 saturated carbocycles. The van der Waals surface area contributed by atoms with E-state index in [4.69, 9.17) is 14.6 Å². The Hall–Kier alpha value is -2.90. The fraction of sp³-hybridized carbons (Fsp3) is 0.300. The van der Waals surface area contributed by atoms with Gasteiger partial charge in [-0.15, -0.1) is 0 Å². The maximum atomic E-state index is 8.89. The molecule has 1 aliphatic rings. The van der Waals surface area contributed by atoms with Crippen molar-refractivity contribution < 1.29 is 14.6 Å². The molecule has 7 nitrogen and oxygen atoms in total. The lowest BCUT2D eigenvalue weighted by Gasteiger charge is -2.27. The fourth-order valence-electron chi connectivity index (χ4n) is 3.07. The predicted molar refractivity (Wildman–Crippen MR) is 104 cm³/mol. The van der Waals surface area contributed by atoms with Crippen LogP contribution in [-0.2, 0) is 0 Å². The number of fused-ring (bicyclic) bond motifs is 2. The van der Waals surface area contributed by atoms with Crippen molar-refractivity contribution in [1.82, 2.24) is 15.3 Å². The summed E-state index contributed by atoms with van der Waals surface area (Å²) < 4.78 is 11.9. The van der Waals surface area contributed by atoms with Crippen LogP contribution in [0.15, 0.2) is 42.7 Å². The summed E-state index contributed by atoms with van der Waals surface area (Å²) >= 11 is 0. The molecule has 1 atom stereocenters. The van der Waals surface area contributed by atoms with Crippen LogP contribution >= 0.6 is 0 Å². The number of aliphatic hydroxyl groups excluding tert-OH is 1. The van der Waals surface area contributed by atoms with Gasteiger partial charge in [0.2, 0.25) is 0 Å². The number of hydrogen-bond acceptors (Lipinski definition) is 7.